The van der Waals surface area contributed by atoms with Gasteiger partial charge < -0.3 is 9.47 Å². The third-order valence-corrected chi connectivity index (χ3v) is 6.41. The summed E-state index contributed by atoms with van der Waals surface area (Å²) in [4.78, 5) is 15.5. The first-order chi connectivity index (χ1) is 18.0. The van der Waals surface area contributed by atoms with Crippen LogP contribution in [0.5, 0.6) is 0 Å². The lowest BCUT2D eigenvalue weighted by Crippen LogP contribution is -2.31. The average molecular weight is 490 g/mol. The van der Waals surface area contributed by atoms with Crippen LogP contribution in [0.4, 0.5) is 4.39 Å². The van der Waals surface area contributed by atoms with Gasteiger partial charge in [-0.1, -0.05) is 48.5 Å². The van der Waals surface area contributed by atoms with Crippen LogP contribution in [0.1, 0.15) is 38.4 Å². The van der Waals surface area contributed by atoms with Crippen molar-refractivity contribution in [1.82, 2.24) is 19.7 Å². The first-order valence-corrected chi connectivity index (χ1v) is 11.9. The molecule has 1 amide bonds. The summed E-state index contributed by atoms with van der Waals surface area (Å²) in [6.45, 7) is 2.85. The minimum absolute atomic E-state index is 0.151. The molecule has 0 saturated carbocycles. The number of aryl methyl sites for hydroxylation is 1. The third-order valence-electron chi connectivity index (χ3n) is 6.41. The van der Waals surface area contributed by atoms with Crippen LogP contribution in [0, 0.1) is 24.1 Å². The number of nitrogens with zero attached hydrogens (tertiary/aromatic N) is 5. The van der Waals surface area contributed by atoms with E-state index in [4.69, 9.17) is 5.26 Å². The largest absolute Gasteiger partial charge is 0.327 e. The average Bonchev–Trinajstić information content (AvgIpc) is 3.35. The summed E-state index contributed by atoms with van der Waals surface area (Å²) in [7, 11) is 0. The normalized spacial score (nSPS) is 10.8. The second-order valence-corrected chi connectivity index (χ2v) is 8.98. The van der Waals surface area contributed by atoms with Crippen molar-refractivity contribution >= 4 is 16.7 Å². The van der Waals surface area contributed by atoms with Crippen molar-refractivity contribution in [2.45, 2.75) is 26.6 Å². The molecule has 0 bridgehead atoms. The van der Waals surface area contributed by atoms with Gasteiger partial charge in [-0.25, -0.2) is 4.39 Å². The lowest BCUT2D eigenvalue weighted by Gasteiger charge is -2.24. The van der Waals surface area contributed by atoms with Gasteiger partial charge in [0, 0.05) is 12.1 Å². The lowest BCUT2D eigenvalue weighted by molar-refractivity contribution is 0.0723. The highest BCUT2D eigenvalue weighted by Gasteiger charge is 2.21. The Kier molecular flexibility index (Phi) is 6.73. The molecule has 0 spiro atoms. The molecule has 1 aromatic heterocycles. The highest BCUT2D eigenvalue weighted by molar-refractivity contribution is 5.98. The Morgan fingerprint density at radius 1 is 0.973 bits per heavy atom. The van der Waals surface area contributed by atoms with E-state index in [-0.39, 0.29) is 18.3 Å². The van der Waals surface area contributed by atoms with E-state index in [1.54, 1.807) is 29.4 Å². The van der Waals surface area contributed by atoms with E-state index in [1.165, 1.54) is 12.1 Å². The van der Waals surface area contributed by atoms with E-state index in [0.29, 0.717) is 30.0 Å². The Morgan fingerprint density at radius 2 is 1.76 bits per heavy atom. The number of carbonyl (C=O) groups is 1. The summed E-state index contributed by atoms with van der Waals surface area (Å²) in [5, 5.41) is 19.5. The Morgan fingerprint density at radius 3 is 2.51 bits per heavy atom. The highest BCUT2D eigenvalue weighted by Crippen LogP contribution is 2.21. The molecular formula is C30H24FN5O. The fourth-order valence-corrected chi connectivity index (χ4v) is 4.33. The number of fused-ring (bicyclic) bond motifs is 1. The molecule has 0 fully saturated rings. The van der Waals surface area contributed by atoms with Gasteiger partial charge in [0.25, 0.3) is 5.91 Å². The predicted octanol–water partition coefficient (Wildman–Crippen LogP) is 5.64. The zero-order valence-electron chi connectivity index (χ0n) is 20.3. The smallest absolute Gasteiger partial charge is 0.254 e. The first kappa shape index (κ1) is 23.9. The molecule has 5 rings (SSSR count). The van der Waals surface area contributed by atoms with Crippen LogP contribution in [0.2, 0.25) is 0 Å². The van der Waals surface area contributed by atoms with E-state index in [2.05, 4.69) is 16.3 Å². The van der Waals surface area contributed by atoms with Crippen LogP contribution in [-0.2, 0) is 19.6 Å². The number of amides is 1. The number of hydrogen-bond donors (Lipinski definition) is 0. The van der Waals surface area contributed by atoms with Gasteiger partial charge in [-0.2, -0.15) is 5.26 Å². The minimum Gasteiger partial charge on any atom is -0.327 e. The summed E-state index contributed by atoms with van der Waals surface area (Å²) < 4.78 is 15.6. The van der Waals surface area contributed by atoms with E-state index >= 15 is 0 Å². The Labute approximate surface area is 214 Å². The number of aromatic nitrogens is 3. The molecule has 0 N–H and O–H groups in total. The van der Waals surface area contributed by atoms with Gasteiger partial charge in [-0.15, -0.1) is 10.2 Å². The molecular weight excluding hydrogens is 465 g/mol. The quantitative estimate of drug-likeness (QED) is 0.296. The van der Waals surface area contributed by atoms with Gasteiger partial charge in [0.2, 0.25) is 0 Å². The van der Waals surface area contributed by atoms with Crippen molar-refractivity contribution in [3.05, 3.63) is 131 Å². The maximum absolute atomic E-state index is 13.8. The van der Waals surface area contributed by atoms with Crippen LogP contribution in [0.15, 0.2) is 91.3 Å². The van der Waals surface area contributed by atoms with Gasteiger partial charge in [0.1, 0.15) is 12.1 Å². The van der Waals surface area contributed by atoms with Crippen molar-refractivity contribution in [3.63, 3.8) is 0 Å². The van der Waals surface area contributed by atoms with Gasteiger partial charge >= 0.3 is 0 Å². The molecule has 0 unspecified atom stereocenters. The molecule has 7 heteroatoms. The van der Waals surface area contributed by atoms with Gasteiger partial charge in [0.15, 0.2) is 5.82 Å². The Balaban J connectivity index is 1.46. The maximum atomic E-state index is 13.8. The number of hydrogen-bond acceptors (Lipinski definition) is 4. The molecule has 6 nitrogen and oxygen atoms in total. The second-order valence-electron chi connectivity index (χ2n) is 8.98. The van der Waals surface area contributed by atoms with Crippen molar-refractivity contribution in [2.75, 3.05) is 0 Å². The number of carbonyl (C=O) groups excluding carboxylic acids is 1. The Hall–Kier alpha value is -4.83. The fraction of sp³-hybridized carbons (Fsp3) is 0.133. The van der Waals surface area contributed by atoms with Crippen LogP contribution >= 0.6 is 0 Å². The van der Waals surface area contributed by atoms with Crippen molar-refractivity contribution in [1.29, 1.82) is 5.26 Å². The van der Waals surface area contributed by atoms with Crippen LogP contribution < -0.4 is 0 Å². The summed E-state index contributed by atoms with van der Waals surface area (Å²) in [6, 6.07) is 27.6. The maximum Gasteiger partial charge on any atom is 0.254 e. The van der Waals surface area contributed by atoms with Crippen LogP contribution in [0.3, 0.4) is 0 Å². The SMILES string of the molecule is Cc1cc(F)ccc1CN(Cc1nncn1Cc1ccc(C#N)cc1)C(=O)c1ccc2ccccc2c1. The van der Waals surface area contributed by atoms with E-state index < -0.39 is 0 Å². The second kappa shape index (κ2) is 10.4. The molecule has 4 aromatic carbocycles. The van der Waals surface area contributed by atoms with Gasteiger partial charge in [-0.3, -0.25) is 4.79 Å². The number of rotatable bonds is 7. The standard InChI is InChI=1S/C30H24FN5O/c1-21-14-28(31)13-12-27(21)18-35(30(37)26-11-10-24-4-2-3-5-25(24)15-26)19-29-34-33-20-36(29)17-23-8-6-22(16-32)7-9-23/h2-15,20H,17-19H2,1H3. The zero-order chi connectivity index (χ0) is 25.8. The monoisotopic (exact) mass is 489 g/mol. The zero-order valence-corrected chi connectivity index (χ0v) is 20.3. The van der Waals surface area contributed by atoms with E-state index in [0.717, 1.165) is 27.5 Å². The van der Waals surface area contributed by atoms with Crippen molar-refractivity contribution in [2.24, 2.45) is 0 Å². The predicted molar refractivity (Wildman–Crippen MR) is 139 cm³/mol. The molecule has 0 atom stereocenters. The molecule has 0 aliphatic heterocycles. The third kappa shape index (κ3) is 5.39. The molecule has 0 aliphatic rings. The Bertz CT molecular complexity index is 1620. The number of nitriles is 1. The van der Waals surface area contributed by atoms with Gasteiger partial charge in [-0.05, 0) is 70.8 Å². The lowest BCUT2D eigenvalue weighted by atomic mass is 10.0. The molecule has 0 radical (unpaired) electrons. The van der Waals surface area contributed by atoms with Crippen molar-refractivity contribution in [3.8, 4) is 6.07 Å². The molecule has 0 aliphatic carbocycles. The molecule has 37 heavy (non-hydrogen) atoms. The molecule has 0 saturated heterocycles. The van der Waals surface area contributed by atoms with Crippen LogP contribution in [-0.4, -0.2) is 25.6 Å². The fourth-order valence-electron chi connectivity index (χ4n) is 4.33. The summed E-state index contributed by atoms with van der Waals surface area (Å²) in [5.74, 6) is 0.163. The van der Waals surface area contributed by atoms with Gasteiger partial charge in [0.05, 0.1) is 24.7 Å². The van der Waals surface area contributed by atoms with Crippen molar-refractivity contribution < 1.29 is 9.18 Å². The van der Waals surface area contributed by atoms with E-state index in [1.807, 2.05) is 66.1 Å². The molecule has 1 heterocycles. The van der Waals surface area contributed by atoms with E-state index in [9.17, 15) is 9.18 Å². The highest BCUT2D eigenvalue weighted by atomic mass is 19.1. The number of halogens is 1. The molecule has 5 aromatic rings. The summed E-state index contributed by atoms with van der Waals surface area (Å²) in [6.07, 6.45) is 1.63. The summed E-state index contributed by atoms with van der Waals surface area (Å²) in [5.41, 5.74) is 3.78. The first-order valence-electron chi connectivity index (χ1n) is 11.9. The number of benzene rings is 4. The topological polar surface area (TPSA) is 74.8 Å². The van der Waals surface area contributed by atoms with Crippen LogP contribution in [0.25, 0.3) is 10.8 Å². The molecule has 182 valence electrons. The minimum atomic E-state index is -0.309. The summed E-state index contributed by atoms with van der Waals surface area (Å²) >= 11 is 0.